The number of hydrogen-bond acceptors (Lipinski definition) is 4. The quantitative estimate of drug-likeness (QED) is 0.770. The summed E-state index contributed by atoms with van der Waals surface area (Å²) in [5.74, 6) is -0.997. The maximum atomic E-state index is 13.7. The van der Waals surface area contributed by atoms with Gasteiger partial charge in [-0.25, -0.2) is 9.37 Å². The fourth-order valence-electron chi connectivity index (χ4n) is 2.48. The van der Waals surface area contributed by atoms with Crippen molar-refractivity contribution in [1.82, 2.24) is 15.3 Å². The lowest BCUT2D eigenvalue weighted by Gasteiger charge is -2.21. The van der Waals surface area contributed by atoms with Crippen LogP contribution in [0.4, 0.5) is 10.3 Å². The van der Waals surface area contributed by atoms with Crippen molar-refractivity contribution in [1.29, 1.82) is 0 Å². The molecule has 1 amide bonds. The fraction of sp³-hybridized carbons (Fsp3) is 0.357. The topological polar surface area (TPSA) is 86.9 Å². The van der Waals surface area contributed by atoms with Crippen LogP contribution in [0.5, 0.6) is 0 Å². The Kier molecular flexibility index (Phi) is 3.66. The molecule has 2 heterocycles. The molecule has 7 heteroatoms. The number of nitrogens with one attached hydrogen (secondary N) is 3. The van der Waals surface area contributed by atoms with Crippen molar-refractivity contribution in [3.8, 4) is 0 Å². The SMILES string of the molecule is O=C(Nc1nc2c(F)cccc2c(=O)[nH]1)C1CCCNC1. The van der Waals surface area contributed by atoms with Crippen LogP contribution in [0.25, 0.3) is 10.9 Å². The number of benzene rings is 1. The smallest absolute Gasteiger partial charge is 0.260 e. The van der Waals surface area contributed by atoms with E-state index >= 15 is 0 Å². The molecule has 0 spiro atoms. The second-order valence-corrected chi connectivity index (χ2v) is 5.08. The second-order valence-electron chi connectivity index (χ2n) is 5.08. The number of carbonyl (C=O) groups excluding carboxylic acids is 1. The lowest BCUT2D eigenvalue weighted by Crippen LogP contribution is -2.37. The van der Waals surface area contributed by atoms with E-state index in [4.69, 9.17) is 0 Å². The normalized spacial score (nSPS) is 18.6. The van der Waals surface area contributed by atoms with Gasteiger partial charge in [-0.3, -0.25) is 19.9 Å². The molecule has 1 saturated heterocycles. The molecule has 1 unspecified atom stereocenters. The van der Waals surface area contributed by atoms with Crippen molar-refractivity contribution in [2.75, 3.05) is 18.4 Å². The number of fused-ring (bicyclic) bond motifs is 1. The highest BCUT2D eigenvalue weighted by Crippen LogP contribution is 2.15. The largest absolute Gasteiger partial charge is 0.316 e. The zero-order valence-corrected chi connectivity index (χ0v) is 11.3. The third-order valence-electron chi connectivity index (χ3n) is 3.60. The molecule has 0 radical (unpaired) electrons. The molecule has 0 saturated carbocycles. The minimum atomic E-state index is -0.589. The number of aromatic nitrogens is 2. The maximum Gasteiger partial charge on any atom is 0.260 e. The highest BCUT2D eigenvalue weighted by molar-refractivity contribution is 5.92. The van der Waals surface area contributed by atoms with Crippen LogP contribution in [0.1, 0.15) is 12.8 Å². The van der Waals surface area contributed by atoms with Crippen LogP contribution in [0.3, 0.4) is 0 Å². The molecule has 1 aromatic carbocycles. The van der Waals surface area contributed by atoms with E-state index in [0.717, 1.165) is 19.4 Å². The van der Waals surface area contributed by atoms with Crippen LogP contribution in [0.2, 0.25) is 0 Å². The highest BCUT2D eigenvalue weighted by atomic mass is 19.1. The minimum absolute atomic E-state index is 0.0202. The van der Waals surface area contributed by atoms with Crippen molar-refractivity contribution in [2.45, 2.75) is 12.8 Å². The van der Waals surface area contributed by atoms with Gasteiger partial charge in [0.05, 0.1) is 11.3 Å². The Balaban J connectivity index is 1.89. The highest BCUT2D eigenvalue weighted by Gasteiger charge is 2.21. The van der Waals surface area contributed by atoms with E-state index < -0.39 is 11.4 Å². The summed E-state index contributed by atoms with van der Waals surface area (Å²) in [7, 11) is 0. The Morgan fingerprint density at radius 1 is 1.43 bits per heavy atom. The number of carbonyl (C=O) groups is 1. The first-order valence-electron chi connectivity index (χ1n) is 6.85. The molecule has 110 valence electrons. The van der Waals surface area contributed by atoms with Gasteiger partial charge >= 0.3 is 0 Å². The molecule has 1 aliphatic heterocycles. The Bertz CT molecular complexity index is 737. The van der Waals surface area contributed by atoms with Gasteiger partial charge in [0.15, 0.2) is 0 Å². The van der Waals surface area contributed by atoms with E-state index in [1.54, 1.807) is 0 Å². The third kappa shape index (κ3) is 2.78. The van der Waals surface area contributed by atoms with Gasteiger partial charge in [0, 0.05) is 6.54 Å². The van der Waals surface area contributed by atoms with Crippen LogP contribution in [-0.2, 0) is 4.79 Å². The molecule has 1 fully saturated rings. The van der Waals surface area contributed by atoms with Crippen LogP contribution in [-0.4, -0.2) is 29.0 Å². The van der Waals surface area contributed by atoms with Gasteiger partial charge in [-0.1, -0.05) is 6.07 Å². The number of aromatic amines is 1. The van der Waals surface area contributed by atoms with E-state index in [0.29, 0.717) is 6.54 Å². The summed E-state index contributed by atoms with van der Waals surface area (Å²) in [5.41, 5.74) is -0.519. The Morgan fingerprint density at radius 2 is 2.29 bits per heavy atom. The molecule has 2 aromatic rings. The number of anilines is 1. The number of H-pyrrole nitrogens is 1. The summed E-state index contributed by atoms with van der Waals surface area (Å²) in [6, 6.07) is 4.16. The average Bonchev–Trinajstić information content (AvgIpc) is 2.49. The summed E-state index contributed by atoms with van der Waals surface area (Å²) < 4.78 is 13.7. The lowest BCUT2D eigenvalue weighted by atomic mass is 9.99. The average molecular weight is 290 g/mol. The van der Waals surface area contributed by atoms with Crippen LogP contribution in [0.15, 0.2) is 23.0 Å². The molecule has 1 aromatic heterocycles. The first-order chi connectivity index (χ1) is 10.1. The Labute approximate surface area is 119 Å². The van der Waals surface area contributed by atoms with Crippen LogP contribution in [0, 0.1) is 11.7 Å². The van der Waals surface area contributed by atoms with Gasteiger partial charge < -0.3 is 5.32 Å². The molecule has 3 N–H and O–H groups in total. The van der Waals surface area contributed by atoms with Crippen molar-refractivity contribution in [2.24, 2.45) is 5.92 Å². The second kappa shape index (κ2) is 5.61. The number of halogens is 1. The molecule has 1 atom stereocenters. The summed E-state index contributed by atoms with van der Waals surface area (Å²) in [5, 5.41) is 5.86. The molecule has 3 rings (SSSR count). The summed E-state index contributed by atoms with van der Waals surface area (Å²) >= 11 is 0. The van der Waals surface area contributed by atoms with Crippen molar-refractivity contribution in [3.05, 3.63) is 34.4 Å². The van der Waals surface area contributed by atoms with E-state index in [2.05, 4.69) is 20.6 Å². The Hall–Kier alpha value is -2.28. The van der Waals surface area contributed by atoms with E-state index in [1.807, 2.05) is 0 Å². The number of piperidine rings is 1. The van der Waals surface area contributed by atoms with Crippen LogP contribution >= 0.6 is 0 Å². The first kappa shape index (κ1) is 13.7. The molecule has 0 bridgehead atoms. The van der Waals surface area contributed by atoms with Crippen molar-refractivity contribution in [3.63, 3.8) is 0 Å². The van der Waals surface area contributed by atoms with E-state index in [9.17, 15) is 14.0 Å². The van der Waals surface area contributed by atoms with Gasteiger partial charge in [0.1, 0.15) is 11.3 Å². The summed E-state index contributed by atoms with van der Waals surface area (Å²) in [6.07, 6.45) is 1.71. The lowest BCUT2D eigenvalue weighted by molar-refractivity contribution is -0.120. The molecule has 21 heavy (non-hydrogen) atoms. The van der Waals surface area contributed by atoms with E-state index in [-0.39, 0.29) is 28.7 Å². The molecule has 6 nitrogen and oxygen atoms in total. The third-order valence-corrected chi connectivity index (χ3v) is 3.60. The predicted octanol–water partition coefficient (Wildman–Crippen LogP) is 1.00. The number of amides is 1. The maximum absolute atomic E-state index is 13.7. The van der Waals surface area contributed by atoms with Crippen molar-refractivity contribution >= 4 is 22.8 Å². The summed E-state index contributed by atoms with van der Waals surface area (Å²) in [4.78, 5) is 30.4. The monoisotopic (exact) mass is 290 g/mol. The first-order valence-corrected chi connectivity index (χ1v) is 6.85. The fourth-order valence-corrected chi connectivity index (χ4v) is 2.48. The number of para-hydroxylation sites is 1. The van der Waals surface area contributed by atoms with Crippen molar-refractivity contribution < 1.29 is 9.18 Å². The van der Waals surface area contributed by atoms with Gasteiger partial charge in [-0.15, -0.1) is 0 Å². The number of nitrogens with zero attached hydrogens (tertiary/aromatic N) is 1. The van der Waals surface area contributed by atoms with E-state index in [1.165, 1.54) is 18.2 Å². The Morgan fingerprint density at radius 3 is 3.05 bits per heavy atom. The zero-order valence-electron chi connectivity index (χ0n) is 11.3. The zero-order chi connectivity index (χ0) is 14.8. The summed E-state index contributed by atoms with van der Waals surface area (Å²) in [6.45, 7) is 1.50. The van der Waals surface area contributed by atoms with Gasteiger partial charge in [-0.2, -0.15) is 0 Å². The standard InChI is InChI=1S/C14H15FN4O2/c15-10-5-1-4-9-11(10)17-14(19-13(9)21)18-12(20)8-3-2-6-16-7-8/h1,4-5,8,16H,2-3,6-7H2,(H2,17,18,19,20,21). The van der Waals surface area contributed by atoms with Gasteiger partial charge in [0.25, 0.3) is 5.56 Å². The molecular weight excluding hydrogens is 275 g/mol. The van der Waals surface area contributed by atoms with Gasteiger partial charge in [0.2, 0.25) is 11.9 Å². The predicted molar refractivity (Wildman–Crippen MR) is 76.5 cm³/mol. The molecule has 1 aliphatic rings. The minimum Gasteiger partial charge on any atom is -0.316 e. The number of hydrogen-bond donors (Lipinski definition) is 3. The molecule has 0 aliphatic carbocycles. The van der Waals surface area contributed by atoms with Gasteiger partial charge in [-0.05, 0) is 31.5 Å². The van der Waals surface area contributed by atoms with Crippen LogP contribution < -0.4 is 16.2 Å². The number of rotatable bonds is 2. The molecular formula is C14H15FN4O2.